The van der Waals surface area contributed by atoms with Gasteiger partial charge >= 0.3 is 5.97 Å². The third-order valence-corrected chi connectivity index (χ3v) is 8.47. The van der Waals surface area contributed by atoms with E-state index in [9.17, 15) is 14.3 Å². The molecule has 2 aliphatic rings. The number of ether oxygens (including phenoxy) is 2. The molecule has 0 radical (unpaired) electrons. The number of halogens is 4. The van der Waals surface area contributed by atoms with Gasteiger partial charge in [-0.25, -0.2) is 18.6 Å². The van der Waals surface area contributed by atoms with Crippen LogP contribution in [0.2, 0.25) is 10.0 Å². The number of fused-ring (bicyclic) bond motifs is 2. The number of carboxylic acids is 1. The lowest BCUT2D eigenvalue weighted by atomic mass is 9.93. The molecular weight excluding hydrogens is 575 g/mol. The van der Waals surface area contributed by atoms with E-state index in [1.165, 1.54) is 12.1 Å². The summed E-state index contributed by atoms with van der Waals surface area (Å²) < 4.78 is 43.0. The number of benzene rings is 3. The maximum absolute atomic E-state index is 15.4. The van der Waals surface area contributed by atoms with Crippen LogP contribution >= 0.6 is 23.2 Å². The van der Waals surface area contributed by atoms with Gasteiger partial charge in [0.15, 0.2) is 5.82 Å². The van der Waals surface area contributed by atoms with E-state index in [1.807, 2.05) is 12.1 Å². The lowest BCUT2D eigenvalue weighted by Gasteiger charge is -2.36. The zero-order valence-electron chi connectivity index (χ0n) is 22.2. The number of nitrogens with zero attached hydrogens (tertiary/aromatic N) is 3. The van der Waals surface area contributed by atoms with Gasteiger partial charge in [0, 0.05) is 29.8 Å². The van der Waals surface area contributed by atoms with Crippen LogP contribution in [0.5, 0.6) is 5.75 Å². The van der Waals surface area contributed by atoms with Crippen LogP contribution in [0.3, 0.4) is 0 Å². The molecule has 6 rings (SSSR count). The quantitative estimate of drug-likeness (QED) is 0.239. The first kappa shape index (κ1) is 27.9. The van der Waals surface area contributed by atoms with Gasteiger partial charge in [-0.2, -0.15) is 0 Å². The number of hydrogen-bond acceptors (Lipinski definition) is 5. The van der Waals surface area contributed by atoms with Crippen molar-refractivity contribution in [2.75, 3.05) is 13.2 Å². The number of carbonyl (C=O) groups is 1. The summed E-state index contributed by atoms with van der Waals surface area (Å²) >= 11 is 12.4. The van der Waals surface area contributed by atoms with Crippen LogP contribution in [0.25, 0.3) is 11.0 Å². The molecule has 41 heavy (non-hydrogen) atoms. The van der Waals surface area contributed by atoms with Gasteiger partial charge in [0.05, 0.1) is 35.3 Å². The Labute approximate surface area is 245 Å². The first-order valence-corrected chi connectivity index (χ1v) is 14.1. The van der Waals surface area contributed by atoms with E-state index in [0.717, 1.165) is 24.0 Å². The van der Waals surface area contributed by atoms with Crippen molar-refractivity contribution in [3.63, 3.8) is 0 Å². The smallest absolute Gasteiger partial charge is 0.338 e. The molecule has 4 aromatic rings. The van der Waals surface area contributed by atoms with Crippen LogP contribution in [-0.2, 0) is 30.9 Å². The Hall–Kier alpha value is -3.24. The fourth-order valence-electron chi connectivity index (χ4n) is 5.52. The Morgan fingerprint density at radius 1 is 1.20 bits per heavy atom. The maximum Gasteiger partial charge on any atom is 0.338 e. The first-order chi connectivity index (χ1) is 19.7. The summed E-state index contributed by atoms with van der Waals surface area (Å²) in [6.07, 6.45) is 1.50. The van der Waals surface area contributed by atoms with E-state index in [2.05, 4.69) is 11.8 Å². The Kier molecular flexibility index (Phi) is 7.63. The summed E-state index contributed by atoms with van der Waals surface area (Å²) in [7, 11) is 0. The Morgan fingerprint density at radius 3 is 2.71 bits per heavy atom. The van der Waals surface area contributed by atoms with Gasteiger partial charge in [0.2, 0.25) is 0 Å². The number of aromatic carboxylic acids is 1. The molecule has 0 amide bonds. The monoisotopic (exact) mass is 601 g/mol. The second-order valence-corrected chi connectivity index (χ2v) is 11.3. The molecule has 2 atom stereocenters. The zero-order valence-corrected chi connectivity index (χ0v) is 23.7. The van der Waals surface area contributed by atoms with Crippen LogP contribution in [0.15, 0.2) is 42.5 Å². The van der Waals surface area contributed by atoms with Crippen molar-refractivity contribution in [2.24, 2.45) is 0 Å². The third kappa shape index (κ3) is 5.39. The molecule has 11 heteroatoms. The predicted molar refractivity (Wildman–Crippen MR) is 151 cm³/mol. The zero-order chi connectivity index (χ0) is 28.8. The Morgan fingerprint density at radius 2 is 2.00 bits per heavy atom. The normalized spacial score (nSPS) is 18.8. The third-order valence-electron chi connectivity index (χ3n) is 7.94. The molecule has 0 unspecified atom stereocenters. The highest BCUT2D eigenvalue weighted by Crippen LogP contribution is 2.38. The number of rotatable bonds is 8. The molecule has 0 bridgehead atoms. The van der Waals surface area contributed by atoms with Gasteiger partial charge in [-0.3, -0.25) is 4.90 Å². The minimum Gasteiger partial charge on any atom is -0.487 e. The number of hydrogen-bond donors (Lipinski definition) is 1. The summed E-state index contributed by atoms with van der Waals surface area (Å²) in [6, 6.07) is 11.0. The first-order valence-electron chi connectivity index (χ1n) is 13.3. The van der Waals surface area contributed by atoms with Crippen molar-refractivity contribution in [3.05, 3.63) is 92.2 Å². The van der Waals surface area contributed by atoms with Crippen molar-refractivity contribution in [3.8, 4) is 5.75 Å². The summed E-state index contributed by atoms with van der Waals surface area (Å²) in [4.78, 5) is 18.6. The molecule has 1 N–H and O–H groups in total. The number of carboxylic acid groups (broad SMARTS) is 1. The second kappa shape index (κ2) is 11.2. The van der Waals surface area contributed by atoms with Crippen molar-refractivity contribution < 1.29 is 28.2 Å². The summed E-state index contributed by atoms with van der Waals surface area (Å²) in [5, 5.41) is 10.2. The molecule has 3 heterocycles. The van der Waals surface area contributed by atoms with Crippen molar-refractivity contribution in [1.82, 2.24) is 14.5 Å². The average molecular weight is 602 g/mol. The lowest BCUT2D eigenvalue weighted by molar-refractivity contribution is -0.0593. The van der Waals surface area contributed by atoms with Crippen LogP contribution in [0, 0.1) is 11.6 Å². The molecular formula is C30H27Cl2F2N3O4. The fraction of sp³-hybridized carbons (Fsp3) is 0.333. The highest BCUT2D eigenvalue weighted by atomic mass is 35.5. The van der Waals surface area contributed by atoms with E-state index in [0.29, 0.717) is 58.9 Å². The maximum atomic E-state index is 15.4. The highest BCUT2D eigenvalue weighted by molar-refractivity contribution is 6.32. The van der Waals surface area contributed by atoms with Gasteiger partial charge in [0.1, 0.15) is 29.5 Å². The molecule has 3 aromatic carbocycles. The summed E-state index contributed by atoms with van der Waals surface area (Å²) in [6.45, 7) is 4.23. The molecule has 214 valence electrons. The molecule has 2 aliphatic heterocycles. The van der Waals surface area contributed by atoms with E-state index in [4.69, 9.17) is 37.7 Å². The van der Waals surface area contributed by atoms with Crippen molar-refractivity contribution in [2.45, 2.75) is 51.6 Å². The van der Waals surface area contributed by atoms with Gasteiger partial charge in [-0.05, 0) is 67.3 Å². The van der Waals surface area contributed by atoms with Crippen molar-refractivity contribution >= 4 is 40.2 Å². The van der Waals surface area contributed by atoms with Crippen molar-refractivity contribution in [1.29, 1.82) is 0 Å². The van der Waals surface area contributed by atoms with Gasteiger partial charge in [-0.15, -0.1) is 0 Å². The topological polar surface area (TPSA) is 76.8 Å². The van der Waals surface area contributed by atoms with Crippen LogP contribution < -0.4 is 4.74 Å². The largest absolute Gasteiger partial charge is 0.487 e. The van der Waals surface area contributed by atoms with E-state index < -0.39 is 17.6 Å². The van der Waals surface area contributed by atoms with Gasteiger partial charge in [0.25, 0.3) is 0 Å². The Balaban J connectivity index is 1.28. The highest BCUT2D eigenvalue weighted by Gasteiger charge is 2.30. The van der Waals surface area contributed by atoms with Gasteiger partial charge < -0.3 is 19.1 Å². The standard InChI is InChI=1S/C30H27Cl2F2N3O4/c1-16-22-12-26(41-15-18-2-3-19(31)11-24(18)33)23(32)10-17(22)6-8-36(16)14-27-35-25-5-4-21(30(38)39)28(34)29(25)37(27)13-20-7-9-40-20/h2-5,10-12,16,20H,6-9,13-15H2,1H3,(H,38,39)/t16-,20-/m0/s1. The Bertz CT molecular complexity index is 1660. The predicted octanol–water partition coefficient (Wildman–Crippen LogP) is 6.81. The molecule has 1 aromatic heterocycles. The number of imidazole rings is 1. The number of aromatic nitrogens is 2. The van der Waals surface area contributed by atoms with Crippen LogP contribution in [0.1, 0.15) is 52.3 Å². The molecule has 0 aliphatic carbocycles. The van der Waals surface area contributed by atoms with Crippen LogP contribution in [0.4, 0.5) is 8.78 Å². The molecule has 1 saturated heterocycles. The van der Waals surface area contributed by atoms with E-state index in [1.54, 1.807) is 22.8 Å². The lowest BCUT2D eigenvalue weighted by Crippen LogP contribution is -2.36. The molecule has 0 spiro atoms. The average Bonchev–Trinajstić information content (AvgIpc) is 3.25. The summed E-state index contributed by atoms with van der Waals surface area (Å²) in [5.41, 5.74) is 2.68. The SMILES string of the molecule is C[C@H]1c2cc(OCc3ccc(Cl)cc3F)c(Cl)cc2CCN1Cc1nc2ccc(C(=O)O)c(F)c2n1C[C@@H]1CCO1. The fourth-order valence-corrected chi connectivity index (χ4v) is 5.92. The van der Waals surface area contributed by atoms with E-state index >= 15 is 4.39 Å². The minimum absolute atomic E-state index is 0.00321. The second-order valence-electron chi connectivity index (χ2n) is 10.4. The van der Waals surface area contributed by atoms with Crippen LogP contribution in [-0.4, -0.2) is 44.8 Å². The molecule has 7 nitrogen and oxygen atoms in total. The molecule has 0 saturated carbocycles. The van der Waals surface area contributed by atoms with E-state index in [-0.39, 0.29) is 29.8 Å². The van der Waals surface area contributed by atoms with Gasteiger partial charge in [-0.1, -0.05) is 29.3 Å². The summed E-state index contributed by atoms with van der Waals surface area (Å²) in [5.74, 6) is -1.48. The molecule has 1 fully saturated rings. The minimum atomic E-state index is -1.32.